The molecule has 4 nitrogen and oxygen atoms in total. The maximum absolute atomic E-state index is 11.5. The third kappa shape index (κ3) is 3.26. The molecule has 0 aromatic heterocycles. The number of likely N-dealkylation sites (N-methyl/N-ethyl adjacent to an activating group) is 2. The normalized spacial score (nSPS) is 10.0. The van der Waals surface area contributed by atoms with Crippen LogP contribution in [0.4, 0.5) is 11.4 Å². The van der Waals surface area contributed by atoms with Crippen LogP contribution in [0.15, 0.2) is 18.2 Å². The van der Waals surface area contributed by atoms with Gasteiger partial charge in [0.25, 0.3) is 0 Å². The maximum Gasteiger partial charge on any atom is 0.241 e. The van der Waals surface area contributed by atoms with E-state index in [1.165, 1.54) is 0 Å². The first-order valence-electron chi connectivity index (χ1n) is 4.88. The fourth-order valence-electron chi connectivity index (χ4n) is 1.30. The van der Waals surface area contributed by atoms with E-state index in [0.717, 1.165) is 9.26 Å². The summed E-state index contributed by atoms with van der Waals surface area (Å²) in [6, 6.07) is 5.80. The summed E-state index contributed by atoms with van der Waals surface area (Å²) in [7, 11) is 5.35. The highest BCUT2D eigenvalue weighted by molar-refractivity contribution is 14.1. The van der Waals surface area contributed by atoms with Crippen molar-refractivity contribution in [3.63, 3.8) is 0 Å². The minimum Gasteiger partial charge on any atom is -0.397 e. The quantitative estimate of drug-likeness (QED) is 0.672. The zero-order valence-corrected chi connectivity index (χ0v) is 11.9. The van der Waals surface area contributed by atoms with Gasteiger partial charge in [-0.05, 0) is 40.8 Å². The second-order valence-electron chi connectivity index (χ2n) is 3.85. The molecule has 0 atom stereocenters. The molecule has 0 saturated heterocycles. The van der Waals surface area contributed by atoms with Gasteiger partial charge in [0.1, 0.15) is 0 Å². The van der Waals surface area contributed by atoms with Crippen LogP contribution in [0.2, 0.25) is 0 Å². The molecule has 2 N–H and O–H groups in total. The first kappa shape index (κ1) is 13.1. The van der Waals surface area contributed by atoms with Crippen molar-refractivity contribution < 1.29 is 4.79 Å². The Bertz CT molecular complexity index is 393. The van der Waals surface area contributed by atoms with Gasteiger partial charge < -0.3 is 15.5 Å². The summed E-state index contributed by atoms with van der Waals surface area (Å²) in [6.07, 6.45) is 0. The highest BCUT2D eigenvalue weighted by Crippen LogP contribution is 2.23. The summed E-state index contributed by atoms with van der Waals surface area (Å²) in [5.74, 6) is 0.0560. The number of rotatable bonds is 3. The van der Waals surface area contributed by atoms with Gasteiger partial charge in [-0.2, -0.15) is 0 Å². The molecule has 0 aliphatic carbocycles. The smallest absolute Gasteiger partial charge is 0.241 e. The summed E-state index contributed by atoms with van der Waals surface area (Å²) in [5, 5.41) is 0. The third-order valence-electron chi connectivity index (χ3n) is 2.27. The Morgan fingerprint density at radius 3 is 2.50 bits per heavy atom. The third-order valence-corrected chi connectivity index (χ3v) is 2.94. The van der Waals surface area contributed by atoms with Crippen LogP contribution in [0.5, 0.6) is 0 Å². The minimum atomic E-state index is 0.0560. The van der Waals surface area contributed by atoms with Crippen molar-refractivity contribution in [1.82, 2.24) is 4.90 Å². The van der Waals surface area contributed by atoms with Crippen LogP contribution in [0.1, 0.15) is 0 Å². The predicted octanol–water partition coefficient (Wildman–Crippen LogP) is 1.40. The Kier molecular flexibility index (Phi) is 4.40. The van der Waals surface area contributed by atoms with Crippen LogP contribution in [-0.4, -0.2) is 38.5 Å². The fourth-order valence-corrected chi connectivity index (χ4v) is 1.82. The number of hydrogen-bond acceptors (Lipinski definition) is 3. The predicted molar refractivity (Wildman–Crippen MR) is 75.5 cm³/mol. The highest BCUT2D eigenvalue weighted by atomic mass is 127. The largest absolute Gasteiger partial charge is 0.397 e. The SMILES string of the molecule is CN(C)C(=O)CN(C)c1ccc(I)cc1N. The lowest BCUT2D eigenvalue weighted by Gasteiger charge is -2.22. The van der Waals surface area contributed by atoms with E-state index in [1.807, 2.05) is 30.1 Å². The van der Waals surface area contributed by atoms with Crippen molar-refractivity contribution in [3.8, 4) is 0 Å². The monoisotopic (exact) mass is 333 g/mol. The van der Waals surface area contributed by atoms with Crippen molar-refractivity contribution in [2.45, 2.75) is 0 Å². The Balaban J connectivity index is 2.80. The van der Waals surface area contributed by atoms with E-state index in [4.69, 9.17) is 5.73 Å². The molecule has 1 rings (SSSR count). The average molecular weight is 333 g/mol. The number of nitrogens with two attached hydrogens (primary N) is 1. The minimum absolute atomic E-state index is 0.0560. The Labute approximate surface area is 110 Å². The second-order valence-corrected chi connectivity index (χ2v) is 5.09. The first-order chi connectivity index (χ1) is 7.41. The summed E-state index contributed by atoms with van der Waals surface area (Å²) in [6.45, 7) is 0.331. The highest BCUT2D eigenvalue weighted by Gasteiger charge is 2.11. The van der Waals surface area contributed by atoms with Gasteiger partial charge >= 0.3 is 0 Å². The molecule has 0 saturated carbocycles. The van der Waals surface area contributed by atoms with Crippen LogP contribution < -0.4 is 10.6 Å². The topological polar surface area (TPSA) is 49.6 Å². The zero-order valence-electron chi connectivity index (χ0n) is 9.70. The molecule has 1 aromatic carbocycles. The van der Waals surface area contributed by atoms with Crippen LogP contribution in [0, 0.1) is 3.57 Å². The Morgan fingerprint density at radius 1 is 1.38 bits per heavy atom. The number of anilines is 2. The van der Waals surface area contributed by atoms with Gasteiger partial charge in [-0.15, -0.1) is 0 Å². The lowest BCUT2D eigenvalue weighted by atomic mass is 10.2. The Hall–Kier alpha value is -0.980. The van der Waals surface area contributed by atoms with Crippen molar-refractivity contribution in [1.29, 1.82) is 0 Å². The second kappa shape index (κ2) is 5.38. The number of benzene rings is 1. The molecule has 1 aromatic rings. The van der Waals surface area contributed by atoms with Crippen molar-refractivity contribution in [2.75, 3.05) is 38.3 Å². The van der Waals surface area contributed by atoms with E-state index >= 15 is 0 Å². The summed E-state index contributed by atoms with van der Waals surface area (Å²) in [4.78, 5) is 15.0. The lowest BCUT2D eigenvalue weighted by molar-refractivity contribution is -0.127. The van der Waals surface area contributed by atoms with Gasteiger partial charge in [0, 0.05) is 24.7 Å². The standard InChI is InChI=1S/C11H16IN3O/c1-14(2)11(16)7-15(3)10-5-4-8(12)6-9(10)13/h4-6H,7,13H2,1-3H3. The number of halogens is 1. The molecule has 0 radical (unpaired) electrons. The first-order valence-corrected chi connectivity index (χ1v) is 5.96. The molecule has 88 valence electrons. The zero-order chi connectivity index (χ0) is 12.3. The molecule has 5 heteroatoms. The lowest BCUT2D eigenvalue weighted by Crippen LogP contribution is -2.34. The summed E-state index contributed by atoms with van der Waals surface area (Å²) >= 11 is 2.21. The average Bonchev–Trinajstić information content (AvgIpc) is 2.16. The number of nitrogens with zero attached hydrogens (tertiary/aromatic N) is 2. The van der Waals surface area contributed by atoms with Crippen LogP contribution in [0.25, 0.3) is 0 Å². The van der Waals surface area contributed by atoms with Gasteiger partial charge in [-0.3, -0.25) is 4.79 Å². The van der Waals surface area contributed by atoms with Crippen molar-refractivity contribution in [3.05, 3.63) is 21.8 Å². The number of carbonyl (C=O) groups excluding carboxylic acids is 1. The van der Waals surface area contributed by atoms with E-state index in [9.17, 15) is 4.79 Å². The summed E-state index contributed by atoms with van der Waals surface area (Å²) < 4.78 is 1.09. The molecule has 16 heavy (non-hydrogen) atoms. The van der Waals surface area contributed by atoms with Crippen LogP contribution >= 0.6 is 22.6 Å². The van der Waals surface area contributed by atoms with Gasteiger partial charge in [0.15, 0.2) is 0 Å². The molecular weight excluding hydrogens is 317 g/mol. The molecule has 1 amide bonds. The van der Waals surface area contributed by atoms with Crippen molar-refractivity contribution >= 4 is 39.9 Å². The van der Waals surface area contributed by atoms with E-state index < -0.39 is 0 Å². The summed E-state index contributed by atoms with van der Waals surface area (Å²) in [5.41, 5.74) is 7.48. The van der Waals surface area contributed by atoms with E-state index in [2.05, 4.69) is 22.6 Å². The molecule has 0 aliphatic rings. The molecule has 0 unspecified atom stereocenters. The van der Waals surface area contributed by atoms with Crippen LogP contribution in [0.3, 0.4) is 0 Å². The molecule has 0 aliphatic heterocycles. The fraction of sp³-hybridized carbons (Fsp3) is 0.364. The van der Waals surface area contributed by atoms with Gasteiger partial charge in [-0.1, -0.05) is 0 Å². The van der Waals surface area contributed by atoms with E-state index in [-0.39, 0.29) is 5.91 Å². The van der Waals surface area contributed by atoms with E-state index in [1.54, 1.807) is 19.0 Å². The molecule has 0 bridgehead atoms. The van der Waals surface area contributed by atoms with E-state index in [0.29, 0.717) is 12.2 Å². The number of amides is 1. The number of carbonyl (C=O) groups is 1. The van der Waals surface area contributed by atoms with Gasteiger partial charge in [0.2, 0.25) is 5.91 Å². The van der Waals surface area contributed by atoms with Crippen molar-refractivity contribution in [2.24, 2.45) is 0 Å². The number of hydrogen-bond donors (Lipinski definition) is 1. The van der Waals surface area contributed by atoms with Gasteiger partial charge in [-0.25, -0.2) is 0 Å². The molecule has 0 heterocycles. The Morgan fingerprint density at radius 2 is 2.00 bits per heavy atom. The van der Waals surface area contributed by atoms with Crippen LogP contribution in [-0.2, 0) is 4.79 Å². The van der Waals surface area contributed by atoms with Gasteiger partial charge in [0.05, 0.1) is 17.9 Å². The number of nitrogen functional groups attached to an aromatic ring is 1. The maximum atomic E-state index is 11.5. The molecule has 0 fully saturated rings. The molecule has 0 spiro atoms. The molecular formula is C11H16IN3O.